The molecule has 0 aromatic rings. The van der Waals surface area contributed by atoms with Crippen LogP contribution < -0.4 is 0 Å². The maximum absolute atomic E-state index is 12.5. The van der Waals surface area contributed by atoms with Crippen LogP contribution in [0, 0.1) is 41.4 Å². The smallest absolute Gasteiger partial charge is 0.309 e. The Bertz CT molecular complexity index is 1320. The lowest BCUT2D eigenvalue weighted by atomic mass is 9.66. The first-order valence-electron chi connectivity index (χ1n) is 21.3. The number of aliphatic carboxylic acids is 1. The average Bonchev–Trinajstić information content (AvgIpc) is 3.47. The van der Waals surface area contributed by atoms with Gasteiger partial charge in [-0.3, -0.25) is 4.79 Å². The van der Waals surface area contributed by atoms with Gasteiger partial charge in [0.1, 0.15) is 6.10 Å². The Labute approximate surface area is 324 Å². The van der Waals surface area contributed by atoms with E-state index in [1.165, 1.54) is 0 Å². The Morgan fingerprint density at radius 3 is 2.22 bits per heavy atom. The quantitative estimate of drug-likeness (QED) is 0.140. The summed E-state index contributed by atoms with van der Waals surface area (Å²) in [4.78, 5) is 12.0. The minimum absolute atomic E-state index is 0.0530. The number of rotatable bonds is 12. The largest absolute Gasteiger partial charge is 0.481 e. The number of carboxylic acids is 1. The molecular weight excluding hydrogens is 692 g/mol. The average molecular weight is 767 g/mol. The molecule has 0 aromatic heterocycles. The lowest BCUT2D eigenvalue weighted by Gasteiger charge is -2.56. The van der Waals surface area contributed by atoms with Crippen molar-refractivity contribution in [1.82, 2.24) is 0 Å². The number of hydrogen-bond donors (Lipinski definition) is 5. The normalized spacial score (nSPS) is 46.8. The van der Waals surface area contributed by atoms with Crippen LogP contribution in [0.5, 0.6) is 0 Å². The molecule has 2 spiro atoms. The fraction of sp³-hybridized carbons (Fsp3) is 0.930. The van der Waals surface area contributed by atoms with Gasteiger partial charge in [0.15, 0.2) is 5.79 Å². The third-order valence-electron chi connectivity index (χ3n) is 15.3. The van der Waals surface area contributed by atoms with Gasteiger partial charge in [-0.25, -0.2) is 0 Å². The first kappa shape index (κ1) is 44.0. The predicted octanol–water partition coefficient (Wildman–Crippen LogP) is 6.37. The molecule has 0 amide bonds. The Balaban J connectivity index is 1.34. The standard InChI is InChI=1S/C43H74O11/c1-12-30(38(46)47)32-16-15-24(4)36(51-32)27(7)35(45)28(8)40(11,48)31(13-2)37-25(5)23-26(6)42(52-37)20-17-33(44)43(54-42)22-21-39(10,53-43)34-18-19-41(49,14-3)29(9)50-34/h17,20,24-37,44-45,48-49H,12-16,18-19,21-23H2,1-11H3,(H,46,47)/t24?,25-,26+,27-,28-,29-,30+,31+,32+,33+,34+,35-,36+,37-,39-,40-,41+,42-,43-/m0/s1. The molecule has 4 saturated heterocycles. The number of ether oxygens (including phenoxy) is 5. The summed E-state index contributed by atoms with van der Waals surface area (Å²) in [6, 6.07) is 0. The van der Waals surface area contributed by atoms with Gasteiger partial charge in [-0.1, -0.05) is 55.4 Å². The van der Waals surface area contributed by atoms with E-state index in [2.05, 4.69) is 20.8 Å². The highest BCUT2D eigenvalue weighted by atomic mass is 16.8. The first-order chi connectivity index (χ1) is 25.1. The zero-order valence-electron chi connectivity index (χ0n) is 35.0. The molecule has 11 heteroatoms. The molecule has 5 aliphatic heterocycles. The summed E-state index contributed by atoms with van der Waals surface area (Å²) in [6.45, 7) is 21.8. The molecule has 54 heavy (non-hydrogen) atoms. The Hall–Kier alpha value is -1.15. The molecule has 11 nitrogen and oxygen atoms in total. The van der Waals surface area contributed by atoms with Crippen LogP contribution in [0.1, 0.15) is 140 Å². The number of carbonyl (C=O) groups is 1. The minimum Gasteiger partial charge on any atom is -0.481 e. The number of carboxylic acid groups (broad SMARTS) is 1. The second-order valence-electron chi connectivity index (χ2n) is 18.7. The molecule has 0 saturated carbocycles. The zero-order chi connectivity index (χ0) is 40.2. The van der Waals surface area contributed by atoms with Gasteiger partial charge < -0.3 is 49.2 Å². The monoisotopic (exact) mass is 767 g/mol. The van der Waals surface area contributed by atoms with Crippen LogP contribution in [-0.4, -0.2) is 103 Å². The Morgan fingerprint density at radius 2 is 1.63 bits per heavy atom. The van der Waals surface area contributed by atoms with E-state index in [9.17, 15) is 30.3 Å². The molecule has 1 unspecified atom stereocenters. The first-order valence-corrected chi connectivity index (χ1v) is 21.3. The van der Waals surface area contributed by atoms with E-state index in [-0.39, 0.29) is 47.9 Å². The van der Waals surface area contributed by atoms with Crippen molar-refractivity contribution in [3.63, 3.8) is 0 Å². The third kappa shape index (κ3) is 7.85. The van der Waals surface area contributed by atoms with Crippen molar-refractivity contribution in [1.29, 1.82) is 0 Å². The maximum atomic E-state index is 12.5. The highest BCUT2D eigenvalue weighted by Gasteiger charge is 2.63. The summed E-state index contributed by atoms with van der Waals surface area (Å²) < 4.78 is 33.8. The van der Waals surface area contributed by atoms with E-state index in [0.717, 1.165) is 12.8 Å². The molecule has 5 aliphatic rings. The van der Waals surface area contributed by atoms with Gasteiger partial charge in [-0.2, -0.15) is 0 Å². The SMILES string of the molecule is CC[C@H]([C@H]1O[C@]2(C=C[C@@H](O)[C@]3(CC[C@@](C)([C@H]4CC[C@](O)(CC)[C@H](C)O4)O3)O2)[C@H](C)C[C@@H]1C)[C@@](C)(O)[C@@H](C)[C@@H](O)[C@H](C)[C@@H]1O[C@@H]([C@@H](CC)C(=O)O)CCC1C. The van der Waals surface area contributed by atoms with Crippen molar-refractivity contribution >= 4 is 5.97 Å². The molecule has 312 valence electrons. The van der Waals surface area contributed by atoms with Crippen molar-refractivity contribution in [2.75, 3.05) is 0 Å². The molecule has 0 radical (unpaired) electrons. The van der Waals surface area contributed by atoms with Crippen LogP contribution in [0.25, 0.3) is 0 Å². The van der Waals surface area contributed by atoms with Crippen LogP contribution in [0.4, 0.5) is 0 Å². The molecule has 5 rings (SSSR count). The van der Waals surface area contributed by atoms with Gasteiger partial charge in [0.2, 0.25) is 5.79 Å². The van der Waals surface area contributed by atoms with Gasteiger partial charge in [0.05, 0.1) is 59.3 Å². The lowest BCUT2D eigenvalue weighted by Crippen LogP contribution is -2.64. The molecule has 4 fully saturated rings. The second-order valence-corrected chi connectivity index (χ2v) is 18.7. The summed E-state index contributed by atoms with van der Waals surface area (Å²) >= 11 is 0. The zero-order valence-corrected chi connectivity index (χ0v) is 35.0. The molecule has 19 atom stereocenters. The topological polar surface area (TPSA) is 164 Å². The molecule has 0 aliphatic carbocycles. The molecule has 0 aromatic carbocycles. The van der Waals surface area contributed by atoms with Crippen molar-refractivity contribution in [3.05, 3.63) is 12.2 Å². The molecule has 5 heterocycles. The maximum Gasteiger partial charge on any atom is 0.309 e. The van der Waals surface area contributed by atoms with Gasteiger partial charge in [-0.15, -0.1) is 0 Å². The fourth-order valence-corrected chi connectivity index (χ4v) is 11.1. The summed E-state index contributed by atoms with van der Waals surface area (Å²) in [7, 11) is 0. The molecule has 0 bridgehead atoms. The van der Waals surface area contributed by atoms with Crippen LogP contribution in [0.3, 0.4) is 0 Å². The van der Waals surface area contributed by atoms with Gasteiger partial charge >= 0.3 is 5.97 Å². The van der Waals surface area contributed by atoms with Gasteiger partial charge in [0.25, 0.3) is 0 Å². The summed E-state index contributed by atoms with van der Waals surface area (Å²) in [5.74, 6) is -5.24. The van der Waals surface area contributed by atoms with Crippen molar-refractivity contribution in [2.24, 2.45) is 41.4 Å². The molecule has 5 N–H and O–H groups in total. The lowest BCUT2D eigenvalue weighted by molar-refractivity contribution is -0.412. The van der Waals surface area contributed by atoms with Crippen LogP contribution in [0.2, 0.25) is 0 Å². The molecular formula is C43H74O11. The summed E-state index contributed by atoms with van der Waals surface area (Å²) in [6.07, 6.45) is 5.94. The fourth-order valence-electron chi connectivity index (χ4n) is 11.1. The van der Waals surface area contributed by atoms with Gasteiger partial charge in [-0.05, 0) is 103 Å². The van der Waals surface area contributed by atoms with Crippen LogP contribution >= 0.6 is 0 Å². The van der Waals surface area contributed by atoms with E-state index in [0.29, 0.717) is 51.4 Å². The highest BCUT2D eigenvalue weighted by Crippen LogP contribution is 2.55. The van der Waals surface area contributed by atoms with Crippen molar-refractivity contribution < 1.29 is 54.0 Å². The number of aliphatic hydroxyl groups is 4. The van der Waals surface area contributed by atoms with Crippen molar-refractivity contribution in [2.45, 2.75) is 211 Å². The van der Waals surface area contributed by atoms with E-state index in [1.807, 2.05) is 54.5 Å². The minimum atomic E-state index is -1.36. The van der Waals surface area contributed by atoms with Crippen molar-refractivity contribution in [3.8, 4) is 0 Å². The van der Waals surface area contributed by atoms with E-state index < -0.39 is 70.6 Å². The predicted molar refractivity (Wildman–Crippen MR) is 204 cm³/mol. The van der Waals surface area contributed by atoms with E-state index in [4.69, 9.17) is 23.7 Å². The Morgan fingerprint density at radius 1 is 0.944 bits per heavy atom. The second kappa shape index (κ2) is 16.2. The highest BCUT2D eigenvalue weighted by molar-refractivity contribution is 5.70. The summed E-state index contributed by atoms with van der Waals surface area (Å²) in [5.41, 5.74) is -2.98. The van der Waals surface area contributed by atoms with E-state index in [1.54, 1.807) is 13.0 Å². The van der Waals surface area contributed by atoms with Crippen LogP contribution in [-0.2, 0) is 28.5 Å². The number of aliphatic hydroxyl groups excluding tert-OH is 2. The summed E-state index contributed by atoms with van der Waals surface area (Å²) in [5, 5.41) is 56.8. The van der Waals surface area contributed by atoms with E-state index >= 15 is 0 Å². The Kier molecular flexibility index (Phi) is 13.2. The van der Waals surface area contributed by atoms with Crippen LogP contribution in [0.15, 0.2) is 12.2 Å². The number of hydrogen-bond acceptors (Lipinski definition) is 10. The third-order valence-corrected chi connectivity index (χ3v) is 15.3. The van der Waals surface area contributed by atoms with Gasteiger partial charge in [0, 0.05) is 30.1 Å².